The molecule has 31 heavy (non-hydrogen) atoms. The summed E-state index contributed by atoms with van der Waals surface area (Å²) >= 11 is 8.32. The van der Waals surface area contributed by atoms with Crippen molar-refractivity contribution in [2.45, 2.75) is 26.3 Å². The lowest BCUT2D eigenvalue weighted by atomic mass is 10.0. The van der Waals surface area contributed by atoms with Crippen molar-refractivity contribution in [1.82, 2.24) is 14.8 Å². The second kappa shape index (κ2) is 8.29. The SMILES string of the molecule is COc1ccc(CCc2cc3c(s2)-n2c(C)nnc2CN=C3c2ccccc2Cl)cc1. The number of aryl methyl sites for hydroxylation is 3. The molecule has 1 aliphatic heterocycles. The van der Waals surface area contributed by atoms with E-state index in [1.807, 2.05) is 43.3 Å². The quantitative estimate of drug-likeness (QED) is 0.408. The first-order valence-electron chi connectivity index (χ1n) is 10.1. The molecule has 0 amide bonds. The molecule has 1 aliphatic rings. The van der Waals surface area contributed by atoms with Crippen LogP contribution in [0, 0.1) is 6.92 Å². The minimum atomic E-state index is 0.476. The molecule has 4 aromatic rings. The molecule has 0 spiro atoms. The fourth-order valence-electron chi connectivity index (χ4n) is 3.84. The monoisotopic (exact) mass is 448 g/mol. The number of nitrogens with zero attached hydrogens (tertiary/aromatic N) is 4. The third-order valence-corrected chi connectivity index (χ3v) is 6.95. The van der Waals surface area contributed by atoms with E-state index < -0.39 is 0 Å². The molecular weight excluding hydrogens is 428 g/mol. The molecular formula is C24H21ClN4OS. The van der Waals surface area contributed by atoms with E-state index in [1.165, 1.54) is 10.4 Å². The Morgan fingerprint density at radius 1 is 1.03 bits per heavy atom. The predicted octanol–water partition coefficient (Wildman–Crippen LogP) is 5.44. The number of thiophene rings is 1. The fourth-order valence-corrected chi connectivity index (χ4v) is 5.29. The van der Waals surface area contributed by atoms with Gasteiger partial charge in [0.15, 0.2) is 5.82 Å². The summed E-state index contributed by atoms with van der Waals surface area (Å²) < 4.78 is 7.39. The summed E-state index contributed by atoms with van der Waals surface area (Å²) in [7, 11) is 1.69. The van der Waals surface area contributed by atoms with Crippen molar-refractivity contribution in [3.8, 4) is 10.8 Å². The molecule has 3 heterocycles. The number of hydrogen-bond acceptors (Lipinski definition) is 5. The Balaban J connectivity index is 1.53. The van der Waals surface area contributed by atoms with Crippen LogP contribution in [0.2, 0.25) is 5.02 Å². The van der Waals surface area contributed by atoms with Gasteiger partial charge in [-0.25, -0.2) is 0 Å². The standard InChI is InChI=1S/C24H21ClN4OS/c1-15-27-28-22-14-26-23(19-5-3-4-6-21(19)25)20-13-18(31-24(20)29(15)22)12-9-16-7-10-17(30-2)11-8-16/h3-8,10-11,13H,9,12,14H2,1-2H3. The maximum Gasteiger partial charge on any atom is 0.160 e. The minimum absolute atomic E-state index is 0.476. The number of aliphatic imine (C=N–C) groups is 1. The molecule has 0 radical (unpaired) electrons. The van der Waals surface area contributed by atoms with Gasteiger partial charge in [-0.05, 0) is 49.6 Å². The molecule has 7 heteroatoms. The Labute approximate surface area is 190 Å². The summed E-state index contributed by atoms with van der Waals surface area (Å²) in [5.41, 5.74) is 4.23. The zero-order valence-electron chi connectivity index (χ0n) is 17.3. The van der Waals surface area contributed by atoms with Crippen LogP contribution < -0.4 is 4.74 Å². The molecule has 5 rings (SSSR count). The highest BCUT2D eigenvalue weighted by Crippen LogP contribution is 2.35. The lowest BCUT2D eigenvalue weighted by molar-refractivity contribution is 0.414. The first-order valence-corrected chi connectivity index (χ1v) is 11.3. The molecule has 0 fully saturated rings. The van der Waals surface area contributed by atoms with Crippen LogP contribution in [0.4, 0.5) is 0 Å². The molecule has 0 N–H and O–H groups in total. The van der Waals surface area contributed by atoms with E-state index in [4.69, 9.17) is 21.3 Å². The first-order chi connectivity index (χ1) is 15.1. The summed E-state index contributed by atoms with van der Waals surface area (Å²) in [4.78, 5) is 6.20. The number of fused-ring (bicyclic) bond motifs is 3. The predicted molar refractivity (Wildman–Crippen MR) is 125 cm³/mol. The van der Waals surface area contributed by atoms with E-state index in [2.05, 4.69) is 33.0 Å². The minimum Gasteiger partial charge on any atom is -0.497 e. The number of benzene rings is 2. The molecule has 0 unspecified atom stereocenters. The zero-order valence-corrected chi connectivity index (χ0v) is 18.9. The van der Waals surface area contributed by atoms with Crippen LogP contribution in [-0.2, 0) is 19.4 Å². The smallest absolute Gasteiger partial charge is 0.160 e. The van der Waals surface area contributed by atoms with E-state index >= 15 is 0 Å². The van der Waals surface area contributed by atoms with Crippen molar-refractivity contribution in [2.24, 2.45) is 4.99 Å². The highest BCUT2D eigenvalue weighted by atomic mass is 35.5. The number of ether oxygens (including phenoxy) is 1. The molecule has 0 saturated heterocycles. The molecule has 2 aromatic carbocycles. The van der Waals surface area contributed by atoms with Crippen LogP contribution in [0.3, 0.4) is 0 Å². The summed E-state index contributed by atoms with van der Waals surface area (Å²) in [6.45, 7) is 2.46. The summed E-state index contributed by atoms with van der Waals surface area (Å²) in [5, 5.41) is 10.4. The Morgan fingerprint density at radius 3 is 2.61 bits per heavy atom. The van der Waals surface area contributed by atoms with Gasteiger partial charge in [-0.3, -0.25) is 9.56 Å². The highest BCUT2D eigenvalue weighted by molar-refractivity contribution is 7.15. The third kappa shape index (κ3) is 3.77. The van der Waals surface area contributed by atoms with Gasteiger partial charge in [0.2, 0.25) is 0 Å². The number of halogens is 1. The number of rotatable bonds is 5. The van der Waals surface area contributed by atoms with Crippen LogP contribution in [0.25, 0.3) is 5.00 Å². The maximum atomic E-state index is 6.54. The van der Waals surface area contributed by atoms with Gasteiger partial charge in [0.1, 0.15) is 23.1 Å². The van der Waals surface area contributed by atoms with Gasteiger partial charge < -0.3 is 4.74 Å². The summed E-state index contributed by atoms with van der Waals surface area (Å²) in [6, 6.07) is 18.4. The van der Waals surface area contributed by atoms with Gasteiger partial charge in [-0.15, -0.1) is 21.5 Å². The van der Waals surface area contributed by atoms with Crippen molar-refractivity contribution in [3.05, 3.63) is 92.8 Å². The van der Waals surface area contributed by atoms with Gasteiger partial charge >= 0.3 is 0 Å². The average Bonchev–Trinajstić information content (AvgIpc) is 3.33. The van der Waals surface area contributed by atoms with Crippen LogP contribution in [-0.4, -0.2) is 27.6 Å². The van der Waals surface area contributed by atoms with E-state index in [9.17, 15) is 0 Å². The Hall–Kier alpha value is -2.96. The van der Waals surface area contributed by atoms with Crippen molar-refractivity contribution in [1.29, 1.82) is 0 Å². The van der Waals surface area contributed by atoms with Gasteiger partial charge in [-0.2, -0.15) is 0 Å². The molecule has 156 valence electrons. The molecule has 0 atom stereocenters. The number of methoxy groups -OCH3 is 1. The van der Waals surface area contributed by atoms with Gasteiger partial charge in [0.25, 0.3) is 0 Å². The summed E-state index contributed by atoms with van der Waals surface area (Å²) in [6.07, 6.45) is 1.90. The lowest BCUT2D eigenvalue weighted by Gasteiger charge is -2.08. The van der Waals surface area contributed by atoms with E-state index in [-0.39, 0.29) is 0 Å². The van der Waals surface area contributed by atoms with Crippen molar-refractivity contribution < 1.29 is 4.74 Å². The van der Waals surface area contributed by atoms with Crippen LogP contribution in [0.1, 0.15) is 33.2 Å². The van der Waals surface area contributed by atoms with Crippen LogP contribution >= 0.6 is 22.9 Å². The van der Waals surface area contributed by atoms with Crippen LogP contribution in [0.15, 0.2) is 59.6 Å². The molecule has 2 aromatic heterocycles. The normalized spacial score (nSPS) is 12.7. The Bertz CT molecular complexity index is 1270. The van der Waals surface area contributed by atoms with Gasteiger partial charge in [-0.1, -0.05) is 41.9 Å². The van der Waals surface area contributed by atoms with Crippen LogP contribution in [0.5, 0.6) is 5.75 Å². The largest absolute Gasteiger partial charge is 0.497 e. The van der Waals surface area contributed by atoms with Crippen molar-refractivity contribution in [2.75, 3.05) is 7.11 Å². The first kappa shape index (κ1) is 20.0. The maximum absolute atomic E-state index is 6.54. The number of hydrogen-bond donors (Lipinski definition) is 0. The van der Waals surface area contributed by atoms with Gasteiger partial charge in [0, 0.05) is 21.0 Å². The van der Waals surface area contributed by atoms with Crippen molar-refractivity contribution in [3.63, 3.8) is 0 Å². The molecule has 0 aliphatic carbocycles. The lowest BCUT2D eigenvalue weighted by Crippen LogP contribution is -2.05. The fraction of sp³-hybridized carbons (Fsp3) is 0.208. The molecule has 0 saturated carbocycles. The third-order valence-electron chi connectivity index (χ3n) is 5.44. The Morgan fingerprint density at radius 2 is 1.84 bits per heavy atom. The van der Waals surface area contributed by atoms with E-state index in [1.54, 1.807) is 18.4 Å². The highest BCUT2D eigenvalue weighted by Gasteiger charge is 2.25. The average molecular weight is 449 g/mol. The summed E-state index contributed by atoms with van der Waals surface area (Å²) in [5.74, 6) is 2.60. The van der Waals surface area contributed by atoms with E-state index in [0.717, 1.165) is 52.1 Å². The molecule has 5 nitrogen and oxygen atoms in total. The zero-order chi connectivity index (χ0) is 21.4. The Kier molecular flexibility index (Phi) is 5.34. The topological polar surface area (TPSA) is 52.3 Å². The van der Waals surface area contributed by atoms with Crippen molar-refractivity contribution >= 4 is 28.6 Å². The van der Waals surface area contributed by atoms with E-state index in [0.29, 0.717) is 11.6 Å². The second-order valence-electron chi connectivity index (χ2n) is 7.42. The molecule has 0 bridgehead atoms. The number of aromatic nitrogens is 3. The second-order valence-corrected chi connectivity index (χ2v) is 8.95. The van der Waals surface area contributed by atoms with Gasteiger partial charge in [0.05, 0.1) is 12.8 Å².